The Morgan fingerprint density at radius 3 is 1.90 bits per heavy atom. The number of rotatable bonds is 3. The lowest BCUT2D eigenvalue weighted by atomic mass is 9.88. The van der Waals surface area contributed by atoms with Crippen LogP contribution in [0.4, 0.5) is 0 Å². The van der Waals surface area contributed by atoms with Crippen LogP contribution in [0.5, 0.6) is 0 Å². The summed E-state index contributed by atoms with van der Waals surface area (Å²) in [5.41, 5.74) is 10.2. The van der Waals surface area contributed by atoms with Crippen molar-refractivity contribution in [3.8, 4) is 32.8 Å². The van der Waals surface area contributed by atoms with Crippen LogP contribution in [0, 0.1) is 0 Å². The number of hydrogen-bond acceptors (Lipinski definition) is 4. The van der Waals surface area contributed by atoms with Crippen LogP contribution in [-0.2, 0) is 0 Å². The normalized spacial score (nSPS) is 12.0. The third kappa shape index (κ3) is 3.27. The first-order chi connectivity index (χ1) is 19.8. The van der Waals surface area contributed by atoms with E-state index in [0.717, 1.165) is 16.0 Å². The van der Waals surface area contributed by atoms with Gasteiger partial charge in [-0.3, -0.25) is 0 Å². The summed E-state index contributed by atoms with van der Waals surface area (Å²) in [6, 6.07) is 42.0. The van der Waals surface area contributed by atoms with Gasteiger partial charge in [0.2, 0.25) is 0 Å². The van der Waals surface area contributed by atoms with E-state index >= 15 is 0 Å². The molecule has 9 rings (SSSR count). The zero-order valence-electron chi connectivity index (χ0n) is 21.3. The Bertz CT molecular complexity index is 2320. The van der Waals surface area contributed by atoms with Gasteiger partial charge in [0.1, 0.15) is 5.01 Å². The number of hydrogen-bond donors (Lipinski definition) is 0. The third-order valence-electron chi connectivity index (χ3n) is 8.04. The third-order valence-corrected chi connectivity index (χ3v) is 9.88. The second-order valence-corrected chi connectivity index (χ2v) is 12.2. The molecule has 186 valence electrons. The van der Waals surface area contributed by atoms with E-state index in [1.807, 2.05) is 5.51 Å². The van der Waals surface area contributed by atoms with E-state index in [0.29, 0.717) is 0 Å². The average Bonchev–Trinajstić information content (AvgIpc) is 3.65. The van der Waals surface area contributed by atoms with Gasteiger partial charge in [0.05, 0.1) is 25.9 Å². The van der Waals surface area contributed by atoms with E-state index in [2.05, 4.69) is 120 Å². The fraction of sp³-hybridized carbons (Fsp3) is 0. The minimum absolute atomic E-state index is 1.05. The summed E-state index contributed by atoms with van der Waals surface area (Å²) < 4.78 is 2.37. The Morgan fingerprint density at radius 1 is 0.500 bits per heavy atom. The summed E-state index contributed by atoms with van der Waals surface area (Å²) in [6.07, 6.45) is 0. The van der Waals surface area contributed by atoms with Crippen LogP contribution in [0.25, 0.3) is 85.6 Å². The molecule has 0 amide bonds. The SMILES string of the molecule is c1ccc(-c2ccc(-c3ccc4ccc5c(-c6nc7cc8scnc8cc7s6)ccc6ccc3c4c65)cc2)cc1. The van der Waals surface area contributed by atoms with Gasteiger partial charge in [-0.15, -0.1) is 22.7 Å². The molecule has 7 aromatic carbocycles. The number of fused-ring (bicyclic) bond motifs is 2. The number of thiazole rings is 2. The van der Waals surface area contributed by atoms with E-state index in [4.69, 9.17) is 4.98 Å². The van der Waals surface area contributed by atoms with Gasteiger partial charge in [-0.1, -0.05) is 103 Å². The quantitative estimate of drug-likeness (QED) is 0.207. The molecular formula is C36H20N2S2. The van der Waals surface area contributed by atoms with Gasteiger partial charge < -0.3 is 0 Å². The molecule has 0 radical (unpaired) electrons. The predicted octanol–water partition coefficient (Wildman–Crippen LogP) is 10.8. The molecule has 2 nitrogen and oxygen atoms in total. The average molecular weight is 545 g/mol. The molecule has 0 aliphatic rings. The molecule has 2 aromatic heterocycles. The lowest BCUT2D eigenvalue weighted by molar-refractivity contribution is 1.49. The second kappa shape index (κ2) is 8.43. The van der Waals surface area contributed by atoms with Crippen molar-refractivity contribution in [2.24, 2.45) is 0 Å². The van der Waals surface area contributed by atoms with Crippen molar-refractivity contribution in [2.75, 3.05) is 0 Å². The van der Waals surface area contributed by atoms with Gasteiger partial charge in [0.25, 0.3) is 0 Å². The van der Waals surface area contributed by atoms with Gasteiger partial charge in [-0.05, 0) is 66.7 Å². The molecule has 0 unspecified atom stereocenters. The highest BCUT2D eigenvalue weighted by Gasteiger charge is 2.17. The molecule has 0 spiro atoms. The van der Waals surface area contributed by atoms with Crippen molar-refractivity contribution in [1.29, 1.82) is 0 Å². The molecule has 0 fully saturated rings. The summed E-state index contributed by atoms with van der Waals surface area (Å²) in [6.45, 7) is 0. The summed E-state index contributed by atoms with van der Waals surface area (Å²) in [4.78, 5) is 9.60. The van der Waals surface area contributed by atoms with Crippen LogP contribution in [-0.4, -0.2) is 9.97 Å². The largest absolute Gasteiger partial charge is 0.245 e. The second-order valence-electron chi connectivity index (χ2n) is 10.3. The molecule has 2 heterocycles. The maximum atomic E-state index is 5.09. The van der Waals surface area contributed by atoms with Crippen molar-refractivity contribution in [3.05, 3.63) is 121 Å². The molecule has 40 heavy (non-hydrogen) atoms. The van der Waals surface area contributed by atoms with E-state index in [1.165, 1.54) is 69.5 Å². The molecule has 0 aliphatic heterocycles. The summed E-state index contributed by atoms with van der Waals surface area (Å²) >= 11 is 3.42. The van der Waals surface area contributed by atoms with Crippen molar-refractivity contribution in [3.63, 3.8) is 0 Å². The first-order valence-electron chi connectivity index (χ1n) is 13.3. The van der Waals surface area contributed by atoms with E-state index in [-0.39, 0.29) is 0 Å². The first-order valence-corrected chi connectivity index (χ1v) is 15.0. The zero-order chi connectivity index (χ0) is 26.2. The fourth-order valence-corrected chi connectivity index (χ4v) is 7.82. The highest BCUT2D eigenvalue weighted by Crippen LogP contribution is 2.44. The summed E-state index contributed by atoms with van der Waals surface area (Å²) in [5.74, 6) is 0. The predicted molar refractivity (Wildman–Crippen MR) is 173 cm³/mol. The standard InChI is InChI=1S/C36H20N2S2/c1-2-4-21(5-3-1)22-6-8-23(9-7-22)26-14-10-24-12-16-28-29(17-13-25-11-15-27(26)34(24)35(25)28)36-38-31-19-32-30(37-20-39-32)18-33(31)40-36/h1-20H. The Labute approximate surface area is 238 Å². The van der Waals surface area contributed by atoms with Crippen LogP contribution < -0.4 is 0 Å². The van der Waals surface area contributed by atoms with Gasteiger partial charge in [-0.25, -0.2) is 9.97 Å². The van der Waals surface area contributed by atoms with Crippen LogP contribution >= 0.6 is 22.7 Å². The van der Waals surface area contributed by atoms with Crippen LogP contribution in [0.3, 0.4) is 0 Å². The first kappa shape index (κ1) is 22.2. The van der Waals surface area contributed by atoms with Gasteiger partial charge in [-0.2, -0.15) is 0 Å². The Kier molecular flexibility index (Phi) is 4.68. The van der Waals surface area contributed by atoms with Crippen molar-refractivity contribution in [2.45, 2.75) is 0 Å². The zero-order valence-corrected chi connectivity index (χ0v) is 22.9. The Balaban J connectivity index is 1.24. The van der Waals surface area contributed by atoms with Crippen LogP contribution in [0.2, 0.25) is 0 Å². The molecule has 0 N–H and O–H groups in total. The maximum Gasteiger partial charge on any atom is 0.125 e. The van der Waals surface area contributed by atoms with Gasteiger partial charge in [0, 0.05) is 5.56 Å². The van der Waals surface area contributed by atoms with Crippen LogP contribution in [0.1, 0.15) is 0 Å². The molecule has 0 saturated carbocycles. The summed E-state index contributed by atoms with van der Waals surface area (Å²) in [5, 5.41) is 8.78. The van der Waals surface area contributed by atoms with Gasteiger partial charge >= 0.3 is 0 Å². The molecule has 0 atom stereocenters. The number of aromatic nitrogens is 2. The molecule has 4 heteroatoms. The smallest absolute Gasteiger partial charge is 0.125 e. The minimum Gasteiger partial charge on any atom is -0.245 e. The number of benzene rings is 7. The Hall–Kier alpha value is -4.64. The summed E-state index contributed by atoms with van der Waals surface area (Å²) in [7, 11) is 0. The Morgan fingerprint density at radius 2 is 1.12 bits per heavy atom. The molecule has 0 aliphatic carbocycles. The van der Waals surface area contributed by atoms with E-state index < -0.39 is 0 Å². The molecule has 0 bridgehead atoms. The topological polar surface area (TPSA) is 25.8 Å². The number of nitrogens with zero attached hydrogens (tertiary/aromatic N) is 2. The minimum atomic E-state index is 1.05. The maximum absolute atomic E-state index is 5.09. The van der Waals surface area contributed by atoms with Crippen molar-refractivity contribution >= 4 is 75.4 Å². The van der Waals surface area contributed by atoms with E-state index in [1.54, 1.807) is 22.7 Å². The van der Waals surface area contributed by atoms with Crippen LogP contribution in [0.15, 0.2) is 121 Å². The highest BCUT2D eigenvalue weighted by atomic mass is 32.1. The monoisotopic (exact) mass is 544 g/mol. The van der Waals surface area contributed by atoms with Crippen molar-refractivity contribution < 1.29 is 0 Å². The van der Waals surface area contributed by atoms with E-state index in [9.17, 15) is 0 Å². The highest BCUT2D eigenvalue weighted by molar-refractivity contribution is 7.22. The van der Waals surface area contributed by atoms with Crippen molar-refractivity contribution in [1.82, 2.24) is 9.97 Å². The lowest BCUT2D eigenvalue weighted by Crippen LogP contribution is -1.89. The molecular weight excluding hydrogens is 525 g/mol. The van der Waals surface area contributed by atoms with Gasteiger partial charge in [0.15, 0.2) is 0 Å². The fourth-order valence-electron chi connectivity index (χ4n) is 6.11. The molecule has 9 aromatic rings. The lowest BCUT2D eigenvalue weighted by Gasteiger charge is -2.16. The molecule has 0 saturated heterocycles.